The van der Waals surface area contributed by atoms with Crippen molar-refractivity contribution in [1.29, 1.82) is 0 Å². The number of hydrogen-bond donors (Lipinski definition) is 2. The lowest BCUT2D eigenvalue weighted by Crippen LogP contribution is -2.36. The number of rotatable bonds is 19. The zero-order valence-corrected chi connectivity index (χ0v) is 19.2. The molecule has 0 saturated heterocycles. The van der Waals surface area contributed by atoms with Gasteiger partial charge in [-0.25, -0.2) is 4.57 Å². The second-order valence-corrected chi connectivity index (χ2v) is 8.85. The van der Waals surface area contributed by atoms with E-state index in [4.69, 9.17) is 9.26 Å². The first-order chi connectivity index (χ1) is 13.8. The van der Waals surface area contributed by atoms with Crippen LogP contribution in [-0.2, 0) is 27.9 Å². The molecule has 9 heteroatoms. The summed E-state index contributed by atoms with van der Waals surface area (Å²) in [5, 5.41) is 2.72. The van der Waals surface area contributed by atoms with Crippen LogP contribution in [0.15, 0.2) is 0 Å². The van der Waals surface area contributed by atoms with E-state index in [0.29, 0.717) is 19.4 Å². The number of nitrogens with one attached hydrogen (secondary N) is 1. The minimum atomic E-state index is -4.04. The third-order valence-corrected chi connectivity index (χ3v) is 5.46. The first-order valence-corrected chi connectivity index (χ1v) is 12.3. The highest BCUT2D eigenvalue weighted by atomic mass is 31.2. The molecule has 0 aliphatic heterocycles. The van der Waals surface area contributed by atoms with Gasteiger partial charge in [-0.05, 0) is 19.3 Å². The molecule has 0 bridgehead atoms. The molecule has 0 aromatic rings. The molecule has 0 aliphatic carbocycles. The van der Waals surface area contributed by atoms with Crippen molar-refractivity contribution in [1.82, 2.24) is 5.32 Å². The number of unbranched alkanes of at least 4 members (excludes halogenated alkanes) is 8. The Balaban J connectivity index is 3.72. The molecule has 0 rings (SSSR count). The van der Waals surface area contributed by atoms with Crippen LogP contribution in [-0.4, -0.2) is 43.1 Å². The Labute approximate surface area is 175 Å². The van der Waals surface area contributed by atoms with E-state index in [1.165, 1.54) is 26.2 Å². The molecule has 2 N–H and O–H groups in total. The number of esters is 1. The molecule has 1 amide bonds. The second kappa shape index (κ2) is 17.9. The molecule has 0 aromatic carbocycles. The van der Waals surface area contributed by atoms with Crippen molar-refractivity contribution in [2.24, 2.45) is 0 Å². The van der Waals surface area contributed by atoms with Crippen LogP contribution in [0.1, 0.15) is 90.9 Å². The quantitative estimate of drug-likeness (QED) is 0.174. The average Bonchev–Trinajstić information content (AvgIpc) is 2.67. The fraction of sp³-hybridized carbons (Fsp3) is 0.900. The van der Waals surface area contributed by atoms with Gasteiger partial charge in [-0.2, -0.15) is 0 Å². The Bertz CT molecular complexity index is 487. The van der Waals surface area contributed by atoms with E-state index >= 15 is 0 Å². The van der Waals surface area contributed by atoms with Crippen LogP contribution in [0.5, 0.6) is 0 Å². The van der Waals surface area contributed by atoms with Gasteiger partial charge in [-0.1, -0.05) is 58.3 Å². The van der Waals surface area contributed by atoms with Gasteiger partial charge in [0.15, 0.2) is 0 Å². The number of phosphoric ester groups is 1. The Kier molecular flexibility index (Phi) is 17.3. The fourth-order valence-corrected chi connectivity index (χ4v) is 3.35. The predicted molar refractivity (Wildman–Crippen MR) is 112 cm³/mol. The Morgan fingerprint density at radius 3 is 2.28 bits per heavy atom. The Morgan fingerprint density at radius 2 is 1.62 bits per heavy atom. The molecule has 0 heterocycles. The van der Waals surface area contributed by atoms with Crippen LogP contribution in [0.3, 0.4) is 0 Å². The summed E-state index contributed by atoms with van der Waals surface area (Å²) < 4.78 is 25.8. The number of carbonyl (C=O) groups is 2. The van der Waals surface area contributed by atoms with E-state index in [9.17, 15) is 19.0 Å². The van der Waals surface area contributed by atoms with Crippen LogP contribution >= 0.6 is 7.82 Å². The maximum absolute atomic E-state index is 11.6. The highest BCUT2D eigenvalue weighted by Gasteiger charge is 2.21. The number of ether oxygens (including phenoxy) is 1. The molecule has 8 nitrogen and oxygen atoms in total. The molecule has 0 aromatic heterocycles. The number of carbonyl (C=O) groups excluding carboxylic acids is 2. The van der Waals surface area contributed by atoms with E-state index in [-0.39, 0.29) is 24.5 Å². The summed E-state index contributed by atoms with van der Waals surface area (Å²) >= 11 is 0. The van der Waals surface area contributed by atoms with E-state index in [1.54, 1.807) is 0 Å². The van der Waals surface area contributed by atoms with Crippen molar-refractivity contribution in [2.45, 2.75) is 96.9 Å². The summed E-state index contributed by atoms with van der Waals surface area (Å²) in [6, 6.07) is -0.332. The van der Waals surface area contributed by atoms with Crippen LogP contribution in [0, 0.1) is 0 Å². The lowest BCUT2D eigenvalue weighted by Gasteiger charge is -2.19. The molecular weight excluding hydrogens is 397 g/mol. The number of hydrogen-bond acceptors (Lipinski definition) is 6. The zero-order valence-electron chi connectivity index (χ0n) is 18.3. The molecule has 1 unspecified atom stereocenters. The molecule has 29 heavy (non-hydrogen) atoms. The van der Waals surface area contributed by atoms with Crippen LogP contribution < -0.4 is 5.32 Å². The van der Waals surface area contributed by atoms with E-state index in [2.05, 4.69) is 16.8 Å². The van der Waals surface area contributed by atoms with Gasteiger partial charge in [0.1, 0.15) is 0 Å². The fourth-order valence-electron chi connectivity index (χ4n) is 2.88. The van der Waals surface area contributed by atoms with Crippen molar-refractivity contribution in [3.63, 3.8) is 0 Å². The normalized spacial score (nSPS) is 14.2. The lowest BCUT2D eigenvalue weighted by atomic mass is 10.1. The van der Waals surface area contributed by atoms with E-state index < -0.39 is 7.82 Å². The number of amides is 1. The SMILES string of the molecule is CCCCCCCC(=O)OCCCCCCC[C@H](COP(=O)(O)OC)NC(C)=O. The van der Waals surface area contributed by atoms with E-state index in [0.717, 1.165) is 52.1 Å². The summed E-state index contributed by atoms with van der Waals surface area (Å²) in [5.41, 5.74) is 0. The highest BCUT2D eigenvalue weighted by molar-refractivity contribution is 7.47. The molecule has 0 radical (unpaired) electrons. The first-order valence-electron chi connectivity index (χ1n) is 10.8. The maximum atomic E-state index is 11.6. The van der Waals surface area contributed by atoms with Crippen molar-refractivity contribution >= 4 is 19.7 Å². The maximum Gasteiger partial charge on any atom is 0.471 e. The topological polar surface area (TPSA) is 111 Å². The van der Waals surface area contributed by atoms with Gasteiger partial charge in [0.05, 0.1) is 19.3 Å². The van der Waals surface area contributed by atoms with Crippen molar-refractivity contribution < 1.29 is 32.8 Å². The van der Waals surface area contributed by atoms with Crippen LogP contribution in [0.25, 0.3) is 0 Å². The monoisotopic (exact) mass is 437 g/mol. The molecule has 0 aliphatic rings. The molecule has 0 spiro atoms. The third-order valence-electron chi connectivity index (χ3n) is 4.52. The molecule has 0 saturated carbocycles. The Morgan fingerprint density at radius 1 is 1.00 bits per heavy atom. The van der Waals surface area contributed by atoms with Gasteiger partial charge >= 0.3 is 13.8 Å². The van der Waals surface area contributed by atoms with Crippen molar-refractivity contribution in [3.05, 3.63) is 0 Å². The molecule has 2 atom stereocenters. The summed E-state index contributed by atoms with van der Waals surface area (Å²) in [5.74, 6) is -0.312. The smallest absolute Gasteiger partial charge is 0.466 e. The van der Waals surface area contributed by atoms with Gasteiger partial charge in [0.2, 0.25) is 5.91 Å². The Hall–Kier alpha value is -0.950. The lowest BCUT2D eigenvalue weighted by molar-refractivity contribution is -0.143. The highest BCUT2D eigenvalue weighted by Crippen LogP contribution is 2.42. The summed E-state index contributed by atoms with van der Waals surface area (Å²) in [6.07, 6.45) is 11.4. The largest absolute Gasteiger partial charge is 0.471 e. The first kappa shape index (κ1) is 28.1. The van der Waals surface area contributed by atoms with E-state index in [1.807, 2.05) is 0 Å². The van der Waals surface area contributed by atoms with Crippen molar-refractivity contribution in [3.8, 4) is 0 Å². The van der Waals surface area contributed by atoms with Gasteiger partial charge in [0, 0.05) is 20.5 Å². The van der Waals surface area contributed by atoms with Gasteiger partial charge < -0.3 is 14.9 Å². The van der Waals surface area contributed by atoms with Gasteiger partial charge in [-0.3, -0.25) is 18.6 Å². The van der Waals surface area contributed by atoms with Gasteiger partial charge in [0.25, 0.3) is 0 Å². The molecular formula is C20H40NO7P. The van der Waals surface area contributed by atoms with Crippen LogP contribution in [0.4, 0.5) is 0 Å². The average molecular weight is 438 g/mol. The summed E-state index contributed by atoms with van der Waals surface area (Å²) in [7, 11) is -2.95. The minimum absolute atomic E-state index is 0.0738. The minimum Gasteiger partial charge on any atom is -0.466 e. The second-order valence-electron chi connectivity index (χ2n) is 7.29. The zero-order chi connectivity index (χ0) is 22.0. The molecule has 172 valence electrons. The number of phosphoric acid groups is 1. The third kappa shape index (κ3) is 18.8. The predicted octanol–water partition coefficient (Wildman–Crippen LogP) is 4.50. The summed E-state index contributed by atoms with van der Waals surface area (Å²) in [6.45, 7) is 3.96. The standard InChI is InChI=1S/C20H40NO7P/c1-4-5-6-8-12-15-20(23)27-16-13-10-7-9-11-14-19(21-18(2)22)17-28-29(24,25)26-3/h19H,4-17H2,1-3H3,(H,21,22)(H,24,25)/t19-/m1/s1. The molecule has 0 fully saturated rings. The van der Waals surface area contributed by atoms with Gasteiger partial charge in [-0.15, -0.1) is 0 Å². The summed E-state index contributed by atoms with van der Waals surface area (Å²) in [4.78, 5) is 32.1. The van der Waals surface area contributed by atoms with Crippen molar-refractivity contribution in [2.75, 3.05) is 20.3 Å². The van der Waals surface area contributed by atoms with Crippen LogP contribution in [0.2, 0.25) is 0 Å².